The summed E-state index contributed by atoms with van der Waals surface area (Å²) < 4.78 is 70.7. The maximum absolute atomic E-state index is 14.7. The largest absolute Gasteiger partial charge is 0.416 e. The van der Waals surface area contributed by atoms with Gasteiger partial charge in [-0.2, -0.15) is 13.2 Å². The number of carbonyl (C=O) groups is 2. The van der Waals surface area contributed by atoms with Crippen molar-refractivity contribution in [2.75, 3.05) is 10.8 Å². The topological polar surface area (TPSA) is 86.8 Å². The third-order valence-corrected chi connectivity index (χ3v) is 11.0. The first-order valence-corrected chi connectivity index (χ1v) is 18.3. The Morgan fingerprint density at radius 1 is 0.880 bits per heavy atom. The summed E-state index contributed by atoms with van der Waals surface area (Å²) >= 11 is 6.55. The molecule has 0 radical (unpaired) electrons. The summed E-state index contributed by atoms with van der Waals surface area (Å²) in [5, 5.41) is 3.45. The van der Waals surface area contributed by atoms with Gasteiger partial charge in [0.2, 0.25) is 11.8 Å². The summed E-state index contributed by atoms with van der Waals surface area (Å²) in [6, 6.07) is 24.4. The molecule has 1 atom stereocenters. The maximum atomic E-state index is 14.7. The zero-order chi connectivity index (χ0) is 35.9. The van der Waals surface area contributed by atoms with E-state index in [0.717, 1.165) is 55.4 Å². The van der Waals surface area contributed by atoms with E-state index in [-0.39, 0.29) is 29.6 Å². The Hall–Kier alpha value is -4.35. The molecule has 7 nitrogen and oxygen atoms in total. The van der Waals surface area contributed by atoms with Crippen molar-refractivity contribution in [1.82, 2.24) is 10.2 Å². The second-order valence-corrected chi connectivity index (χ2v) is 14.8. The van der Waals surface area contributed by atoms with Crippen LogP contribution in [-0.2, 0) is 38.8 Å². The lowest BCUT2D eigenvalue weighted by Gasteiger charge is -2.35. The molecule has 0 spiro atoms. The number of alkyl halides is 3. The molecule has 4 aromatic carbocycles. The molecule has 0 unspecified atom stereocenters. The van der Waals surface area contributed by atoms with Gasteiger partial charge in [0.15, 0.2) is 0 Å². The van der Waals surface area contributed by atoms with Gasteiger partial charge in [-0.15, -0.1) is 0 Å². The van der Waals surface area contributed by atoms with Crippen LogP contribution in [0.2, 0.25) is 5.02 Å². The minimum Gasteiger partial charge on any atom is -0.352 e. The molecular formula is C38H39ClF3N3O4S. The molecule has 1 saturated carbocycles. The van der Waals surface area contributed by atoms with Crippen molar-refractivity contribution in [2.24, 2.45) is 0 Å². The highest BCUT2D eigenvalue weighted by molar-refractivity contribution is 7.92. The molecule has 1 aliphatic rings. The Labute approximate surface area is 296 Å². The number of halogens is 4. The summed E-state index contributed by atoms with van der Waals surface area (Å²) in [7, 11) is -4.58. The molecule has 0 saturated heterocycles. The minimum absolute atomic E-state index is 0.0877. The Bertz CT molecular complexity index is 1880. The van der Waals surface area contributed by atoms with Crippen molar-refractivity contribution in [1.29, 1.82) is 0 Å². The number of sulfonamides is 1. The zero-order valence-corrected chi connectivity index (χ0v) is 29.1. The lowest BCUT2D eigenvalue weighted by Crippen LogP contribution is -2.55. The minimum atomic E-state index is -4.77. The molecule has 1 N–H and O–H groups in total. The van der Waals surface area contributed by atoms with E-state index >= 15 is 0 Å². The fraction of sp³-hybridized carbons (Fsp3) is 0.316. The van der Waals surface area contributed by atoms with Gasteiger partial charge < -0.3 is 10.2 Å². The van der Waals surface area contributed by atoms with Gasteiger partial charge in [0.05, 0.1) is 16.1 Å². The third-order valence-electron chi connectivity index (χ3n) is 8.87. The molecule has 4 aromatic rings. The first kappa shape index (κ1) is 36.9. The SMILES string of the molecule is Cc1ccc(S(=O)(=O)N(CC(=O)N(Cc2ccccc2Cl)[C@H](Cc2ccccc2)C(=O)NC2CCCCC2)c2cccc(C(F)(F)F)c2)cc1. The number of rotatable bonds is 12. The van der Waals surface area contributed by atoms with Crippen LogP contribution in [0.15, 0.2) is 108 Å². The van der Waals surface area contributed by atoms with E-state index in [0.29, 0.717) is 21.0 Å². The van der Waals surface area contributed by atoms with Crippen LogP contribution in [0, 0.1) is 6.92 Å². The average Bonchev–Trinajstić information content (AvgIpc) is 3.10. The Morgan fingerprint density at radius 3 is 2.20 bits per heavy atom. The lowest BCUT2D eigenvalue weighted by atomic mass is 9.94. The lowest BCUT2D eigenvalue weighted by molar-refractivity contribution is -0.140. The van der Waals surface area contributed by atoms with Crippen molar-refractivity contribution in [2.45, 2.75) is 75.1 Å². The quantitative estimate of drug-likeness (QED) is 0.161. The number of hydrogen-bond acceptors (Lipinski definition) is 4. The fourth-order valence-electron chi connectivity index (χ4n) is 6.11. The summed E-state index contributed by atoms with van der Waals surface area (Å²) in [5.41, 5.74) is 0.614. The Morgan fingerprint density at radius 2 is 1.54 bits per heavy atom. The molecule has 50 heavy (non-hydrogen) atoms. The average molecular weight is 726 g/mol. The molecule has 1 fully saturated rings. The van der Waals surface area contributed by atoms with E-state index in [2.05, 4.69) is 5.32 Å². The van der Waals surface area contributed by atoms with Gasteiger partial charge in [-0.3, -0.25) is 13.9 Å². The van der Waals surface area contributed by atoms with Crippen LogP contribution in [0.3, 0.4) is 0 Å². The summed E-state index contributed by atoms with van der Waals surface area (Å²) in [5.74, 6) is -1.20. The van der Waals surface area contributed by atoms with E-state index in [1.807, 2.05) is 30.3 Å². The van der Waals surface area contributed by atoms with Crippen LogP contribution in [0.25, 0.3) is 0 Å². The molecule has 2 amide bonds. The van der Waals surface area contributed by atoms with E-state index < -0.39 is 46.2 Å². The highest BCUT2D eigenvalue weighted by Gasteiger charge is 2.37. The van der Waals surface area contributed by atoms with Crippen molar-refractivity contribution in [3.8, 4) is 0 Å². The van der Waals surface area contributed by atoms with Crippen LogP contribution in [0.1, 0.15) is 54.4 Å². The molecule has 264 valence electrons. The Kier molecular flexibility index (Phi) is 11.9. The van der Waals surface area contributed by atoms with Gasteiger partial charge in [0.1, 0.15) is 12.6 Å². The number of hydrogen-bond donors (Lipinski definition) is 1. The highest BCUT2D eigenvalue weighted by Crippen LogP contribution is 2.34. The predicted molar refractivity (Wildman–Crippen MR) is 188 cm³/mol. The molecule has 12 heteroatoms. The predicted octanol–water partition coefficient (Wildman–Crippen LogP) is 7.95. The van der Waals surface area contributed by atoms with E-state index in [1.54, 1.807) is 43.3 Å². The van der Waals surface area contributed by atoms with E-state index in [9.17, 15) is 31.2 Å². The number of carbonyl (C=O) groups excluding carboxylic acids is 2. The number of nitrogens with zero attached hydrogens (tertiary/aromatic N) is 2. The summed E-state index contributed by atoms with van der Waals surface area (Å²) in [6.07, 6.45) is -0.103. The fourth-order valence-corrected chi connectivity index (χ4v) is 7.71. The van der Waals surface area contributed by atoms with Gasteiger partial charge in [-0.1, -0.05) is 103 Å². The van der Waals surface area contributed by atoms with Crippen LogP contribution >= 0.6 is 11.6 Å². The number of amides is 2. The maximum Gasteiger partial charge on any atom is 0.416 e. The van der Waals surface area contributed by atoms with Crippen LogP contribution in [0.4, 0.5) is 18.9 Å². The monoisotopic (exact) mass is 725 g/mol. The Balaban J connectivity index is 1.60. The number of aryl methyl sites for hydroxylation is 1. The summed E-state index contributed by atoms with van der Waals surface area (Å²) in [6.45, 7) is 0.724. The van der Waals surface area contributed by atoms with Crippen LogP contribution in [0.5, 0.6) is 0 Å². The third kappa shape index (κ3) is 9.25. The molecule has 5 rings (SSSR count). The summed E-state index contributed by atoms with van der Waals surface area (Å²) in [4.78, 5) is 29.9. The first-order valence-electron chi connectivity index (χ1n) is 16.5. The number of nitrogens with one attached hydrogen (secondary N) is 1. The molecule has 0 aliphatic heterocycles. The van der Waals surface area contributed by atoms with Crippen molar-refractivity contribution >= 4 is 39.1 Å². The van der Waals surface area contributed by atoms with Gasteiger partial charge in [0.25, 0.3) is 10.0 Å². The molecule has 1 aliphatic carbocycles. The van der Waals surface area contributed by atoms with Crippen molar-refractivity contribution in [3.05, 3.63) is 130 Å². The standard InChI is InChI=1S/C38H39ClF3N3O4S/c1-27-19-21-33(22-20-27)50(48,49)45(32-17-10-14-30(24-32)38(40,41)42)26-36(46)44(25-29-13-8-9-18-34(29)39)35(23-28-11-4-2-5-12-28)37(47)43-31-15-6-3-7-16-31/h2,4-5,8-14,17-22,24,31,35H,3,6-7,15-16,23,25-26H2,1H3,(H,43,47)/t35-/m1/s1. The molecular weight excluding hydrogens is 687 g/mol. The second-order valence-electron chi connectivity index (χ2n) is 12.5. The van der Waals surface area contributed by atoms with Crippen molar-refractivity contribution < 1.29 is 31.2 Å². The van der Waals surface area contributed by atoms with Crippen molar-refractivity contribution in [3.63, 3.8) is 0 Å². The van der Waals surface area contributed by atoms with Crippen LogP contribution < -0.4 is 9.62 Å². The zero-order valence-electron chi connectivity index (χ0n) is 27.6. The second kappa shape index (κ2) is 16.1. The number of benzene rings is 4. The number of anilines is 1. The van der Waals surface area contributed by atoms with Crippen LogP contribution in [-0.4, -0.2) is 43.8 Å². The van der Waals surface area contributed by atoms with E-state index in [1.165, 1.54) is 23.1 Å². The van der Waals surface area contributed by atoms with Gasteiger partial charge >= 0.3 is 6.18 Å². The van der Waals surface area contributed by atoms with Gasteiger partial charge in [-0.25, -0.2) is 8.42 Å². The molecule has 0 aromatic heterocycles. The molecule has 0 bridgehead atoms. The smallest absolute Gasteiger partial charge is 0.352 e. The normalized spacial score (nSPS) is 14.5. The first-order chi connectivity index (χ1) is 23.8. The molecule has 0 heterocycles. The van der Waals surface area contributed by atoms with Gasteiger partial charge in [-0.05, 0) is 67.3 Å². The van der Waals surface area contributed by atoms with E-state index in [4.69, 9.17) is 11.6 Å². The van der Waals surface area contributed by atoms with Gasteiger partial charge in [0, 0.05) is 24.0 Å². The highest BCUT2D eigenvalue weighted by atomic mass is 35.5.